The number of halogens is 1. The highest BCUT2D eigenvalue weighted by Crippen LogP contribution is 2.18. The van der Waals surface area contributed by atoms with Gasteiger partial charge in [0.05, 0.1) is 17.4 Å². The Hall–Kier alpha value is -2.18. The van der Waals surface area contributed by atoms with E-state index >= 15 is 0 Å². The summed E-state index contributed by atoms with van der Waals surface area (Å²) < 4.78 is 6.34. The van der Waals surface area contributed by atoms with E-state index in [1.54, 1.807) is 42.5 Å². The minimum Gasteiger partial charge on any atom is -0.376 e. The van der Waals surface area contributed by atoms with Gasteiger partial charge in [0.2, 0.25) is 0 Å². The molecule has 0 saturated carbocycles. The molecule has 1 fully saturated rings. The summed E-state index contributed by atoms with van der Waals surface area (Å²) in [6.45, 7) is 1.23. The predicted molar refractivity (Wildman–Crippen MR) is 99.8 cm³/mol. The number of hydrogen-bond acceptors (Lipinski definition) is 3. The molecule has 5 nitrogen and oxygen atoms in total. The lowest BCUT2D eigenvalue weighted by molar-refractivity contribution is 0.0858. The molecule has 2 N–H and O–H groups in total. The van der Waals surface area contributed by atoms with Gasteiger partial charge in [-0.25, -0.2) is 0 Å². The molecule has 0 aromatic heterocycles. The van der Waals surface area contributed by atoms with Crippen molar-refractivity contribution in [1.29, 1.82) is 0 Å². The highest BCUT2D eigenvalue weighted by molar-refractivity contribution is 9.10. The third-order valence-electron chi connectivity index (χ3n) is 4.02. The molecule has 25 heavy (non-hydrogen) atoms. The Morgan fingerprint density at radius 1 is 1.12 bits per heavy atom. The van der Waals surface area contributed by atoms with Gasteiger partial charge in [-0.15, -0.1) is 0 Å². The zero-order valence-corrected chi connectivity index (χ0v) is 15.2. The first-order valence-electron chi connectivity index (χ1n) is 8.19. The summed E-state index contributed by atoms with van der Waals surface area (Å²) in [5.41, 5.74) is 1.44. The summed E-state index contributed by atoms with van der Waals surface area (Å²) in [5.74, 6) is -0.485. The second-order valence-electron chi connectivity index (χ2n) is 5.86. The molecule has 1 aliphatic rings. The molecule has 2 aromatic rings. The molecule has 130 valence electrons. The monoisotopic (exact) mass is 402 g/mol. The number of carbonyl (C=O) groups excluding carboxylic acids is 2. The van der Waals surface area contributed by atoms with Gasteiger partial charge in [0.1, 0.15) is 0 Å². The third kappa shape index (κ3) is 4.67. The summed E-state index contributed by atoms with van der Waals surface area (Å²) in [4.78, 5) is 24.9. The van der Waals surface area contributed by atoms with Gasteiger partial charge in [-0.2, -0.15) is 0 Å². The first-order chi connectivity index (χ1) is 12.1. The van der Waals surface area contributed by atoms with Crippen LogP contribution in [-0.4, -0.2) is 31.1 Å². The average Bonchev–Trinajstić information content (AvgIpc) is 3.13. The molecule has 1 aliphatic heterocycles. The minimum absolute atomic E-state index is 0.0763. The lowest BCUT2D eigenvalue weighted by Gasteiger charge is -2.14. The van der Waals surface area contributed by atoms with Crippen LogP contribution in [0.1, 0.15) is 33.6 Å². The Labute approximate surface area is 154 Å². The minimum atomic E-state index is -0.263. The van der Waals surface area contributed by atoms with Gasteiger partial charge in [0.15, 0.2) is 0 Å². The highest BCUT2D eigenvalue weighted by Gasteiger charge is 2.18. The molecule has 0 unspecified atom stereocenters. The molecule has 2 aromatic carbocycles. The van der Waals surface area contributed by atoms with Crippen molar-refractivity contribution in [1.82, 2.24) is 5.32 Å². The number of rotatable bonds is 5. The summed E-state index contributed by atoms with van der Waals surface area (Å²) in [7, 11) is 0. The largest absolute Gasteiger partial charge is 0.376 e. The van der Waals surface area contributed by atoms with Gasteiger partial charge in [-0.3, -0.25) is 9.59 Å². The van der Waals surface area contributed by atoms with Crippen LogP contribution in [0, 0.1) is 0 Å². The quantitative estimate of drug-likeness (QED) is 0.802. The number of benzene rings is 2. The van der Waals surface area contributed by atoms with Crippen LogP contribution in [-0.2, 0) is 4.74 Å². The van der Waals surface area contributed by atoms with Crippen LogP contribution in [0.2, 0.25) is 0 Å². The summed E-state index contributed by atoms with van der Waals surface area (Å²) >= 11 is 3.35. The normalized spacial score (nSPS) is 16.4. The Balaban J connectivity index is 1.69. The Bertz CT molecular complexity index is 773. The van der Waals surface area contributed by atoms with Crippen LogP contribution in [0.3, 0.4) is 0 Å². The van der Waals surface area contributed by atoms with Crippen molar-refractivity contribution >= 4 is 33.4 Å². The third-order valence-corrected chi connectivity index (χ3v) is 4.51. The molecule has 0 radical (unpaired) electrons. The maximum absolute atomic E-state index is 12.5. The lowest BCUT2D eigenvalue weighted by atomic mass is 10.1. The maximum Gasteiger partial charge on any atom is 0.255 e. The van der Waals surface area contributed by atoms with Crippen molar-refractivity contribution < 1.29 is 14.3 Å². The SMILES string of the molecule is O=C(Nc1ccccc1C(=O)NC[C@@H]1CCCO1)c1cccc(Br)c1. The van der Waals surface area contributed by atoms with Crippen molar-refractivity contribution in [2.75, 3.05) is 18.5 Å². The van der Waals surface area contributed by atoms with E-state index in [4.69, 9.17) is 4.74 Å². The van der Waals surface area contributed by atoms with E-state index in [0.29, 0.717) is 23.4 Å². The molecule has 0 aliphatic carbocycles. The van der Waals surface area contributed by atoms with Gasteiger partial charge in [-0.1, -0.05) is 34.1 Å². The topological polar surface area (TPSA) is 67.4 Å². The molecule has 2 amide bonds. The standard InChI is InChI=1S/C19H19BrN2O3/c20-14-6-3-5-13(11-14)18(23)22-17-9-2-1-8-16(17)19(24)21-12-15-7-4-10-25-15/h1-3,5-6,8-9,11,15H,4,7,10,12H2,(H,21,24)(H,22,23)/t15-/m0/s1. The van der Waals surface area contributed by atoms with Crippen LogP contribution in [0.4, 0.5) is 5.69 Å². The van der Waals surface area contributed by atoms with Gasteiger partial charge < -0.3 is 15.4 Å². The molecule has 3 rings (SSSR count). The van der Waals surface area contributed by atoms with E-state index in [1.807, 2.05) is 6.07 Å². The number of carbonyl (C=O) groups is 2. The summed E-state index contributed by atoms with van der Waals surface area (Å²) in [6, 6.07) is 14.1. The fraction of sp³-hybridized carbons (Fsp3) is 0.263. The Morgan fingerprint density at radius 2 is 1.96 bits per heavy atom. The number of anilines is 1. The van der Waals surface area contributed by atoms with E-state index in [9.17, 15) is 9.59 Å². The van der Waals surface area contributed by atoms with Gasteiger partial charge >= 0.3 is 0 Å². The first-order valence-corrected chi connectivity index (χ1v) is 8.98. The number of nitrogens with one attached hydrogen (secondary N) is 2. The number of para-hydroxylation sites is 1. The average molecular weight is 403 g/mol. The van der Waals surface area contributed by atoms with Crippen molar-refractivity contribution in [3.05, 3.63) is 64.1 Å². The van der Waals surface area contributed by atoms with Gasteiger partial charge in [0.25, 0.3) is 11.8 Å². The zero-order valence-electron chi connectivity index (χ0n) is 13.6. The van der Waals surface area contributed by atoms with Crippen LogP contribution < -0.4 is 10.6 Å². The molecule has 6 heteroatoms. The molecular formula is C19H19BrN2O3. The Kier molecular flexibility index (Phi) is 5.83. The van der Waals surface area contributed by atoms with Crippen molar-refractivity contribution in [2.24, 2.45) is 0 Å². The van der Waals surface area contributed by atoms with E-state index in [1.165, 1.54) is 0 Å². The smallest absolute Gasteiger partial charge is 0.255 e. The van der Waals surface area contributed by atoms with Gasteiger partial charge in [-0.05, 0) is 43.2 Å². The summed E-state index contributed by atoms with van der Waals surface area (Å²) in [6.07, 6.45) is 2.06. The van der Waals surface area contributed by atoms with Crippen LogP contribution in [0.5, 0.6) is 0 Å². The Morgan fingerprint density at radius 3 is 2.72 bits per heavy atom. The van der Waals surface area contributed by atoms with Crippen LogP contribution >= 0.6 is 15.9 Å². The fourth-order valence-corrected chi connectivity index (χ4v) is 3.12. The lowest BCUT2D eigenvalue weighted by Crippen LogP contribution is -2.32. The zero-order chi connectivity index (χ0) is 17.6. The van der Waals surface area contributed by atoms with Crippen LogP contribution in [0.25, 0.3) is 0 Å². The van der Waals surface area contributed by atoms with E-state index in [0.717, 1.165) is 23.9 Å². The predicted octanol–water partition coefficient (Wildman–Crippen LogP) is 3.61. The number of amides is 2. The second kappa shape index (κ2) is 8.27. The van der Waals surface area contributed by atoms with Gasteiger partial charge in [0, 0.05) is 23.2 Å². The maximum atomic E-state index is 12.5. The molecular weight excluding hydrogens is 384 g/mol. The van der Waals surface area contributed by atoms with Crippen LogP contribution in [0.15, 0.2) is 53.0 Å². The van der Waals surface area contributed by atoms with Crippen molar-refractivity contribution in [3.63, 3.8) is 0 Å². The number of ether oxygens (including phenoxy) is 1. The van der Waals surface area contributed by atoms with Crippen molar-refractivity contribution in [2.45, 2.75) is 18.9 Å². The molecule has 0 spiro atoms. The highest BCUT2D eigenvalue weighted by atomic mass is 79.9. The molecule has 1 heterocycles. The number of hydrogen-bond donors (Lipinski definition) is 2. The molecule has 1 atom stereocenters. The van der Waals surface area contributed by atoms with E-state index in [2.05, 4.69) is 26.6 Å². The van der Waals surface area contributed by atoms with E-state index < -0.39 is 0 Å². The fourth-order valence-electron chi connectivity index (χ4n) is 2.72. The van der Waals surface area contributed by atoms with E-state index in [-0.39, 0.29) is 17.9 Å². The summed E-state index contributed by atoms with van der Waals surface area (Å²) in [5, 5.41) is 5.69. The second-order valence-corrected chi connectivity index (χ2v) is 6.77. The molecule has 1 saturated heterocycles. The van der Waals surface area contributed by atoms with Crippen molar-refractivity contribution in [3.8, 4) is 0 Å². The first kappa shape index (κ1) is 17.6. The molecule has 0 bridgehead atoms.